The minimum atomic E-state index is -1.01. The van der Waals surface area contributed by atoms with Crippen LogP contribution in [0.3, 0.4) is 0 Å². The molecule has 0 radical (unpaired) electrons. The molecule has 1 amide bonds. The molecule has 0 bridgehead atoms. The van der Waals surface area contributed by atoms with E-state index in [1.54, 1.807) is 6.92 Å². The van der Waals surface area contributed by atoms with Crippen molar-refractivity contribution < 1.29 is 19.1 Å². The predicted octanol–water partition coefficient (Wildman–Crippen LogP) is 1.16. The molecule has 1 N–H and O–H groups in total. The lowest BCUT2D eigenvalue weighted by Crippen LogP contribution is -2.25. The number of anilines is 1. The number of ether oxygens (including phenoxy) is 1. The van der Waals surface area contributed by atoms with Crippen molar-refractivity contribution in [2.75, 3.05) is 11.9 Å². The van der Waals surface area contributed by atoms with Crippen LogP contribution in [0.5, 0.6) is 0 Å². The number of amides is 1. The predicted molar refractivity (Wildman–Crippen MR) is 62.6 cm³/mol. The van der Waals surface area contributed by atoms with Gasteiger partial charge in [-0.1, -0.05) is 0 Å². The molecule has 1 heterocycles. The highest BCUT2D eigenvalue weighted by molar-refractivity contribution is 9.10. The van der Waals surface area contributed by atoms with Gasteiger partial charge in [-0.05, 0) is 28.9 Å². The van der Waals surface area contributed by atoms with Crippen molar-refractivity contribution in [1.82, 2.24) is 4.98 Å². The zero-order chi connectivity index (χ0) is 12.8. The van der Waals surface area contributed by atoms with Crippen LogP contribution in [0.4, 0.5) is 5.69 Å². The third-order valence-electron chi connectivity index (χ3n) is 1.71. The normalized spacial score (nSPS) is 9.53. The lowest BCUT2D eigenvalue weighted by Gasteiger charge is -2.06. The molecule has 0 aliphatic rings. The van der Waals surface area contributed by atoms with Gasteiger partial charge >= 0.3 is 11.9 Å². The van der Waals surface area contributed by atoms with Gasteiger partial charge in [0.15, 0.2) is 6.29 Å². The second-order valence-corrected chi connectivity index (χ2v) is 3.79. The number of esters is 1. The molecule has 0 fully saturated rings. The van der Waals surface area contributed by atoms with E-state index in [0.717, 1.165) is 0 Å². The molecule has 0 unspecified atom stereocenters. The van der Waals surface area contributed by atoms with Gasteiger partial charge in [-0.2, -0.15) is 0 Å². The van der Waals surface area contributed by atoms with Gasteiger partial charge in [0.25, 0.3) is 0 Å². The summed E-state index contributed by atoms with van der Waals surface area (Å²) in [5.41, 5.74) is 0.179. The summed E-state index contributed by atoms with van der Waals surface area (Å²) in [6, 6.07) is 1.47. The van der Waals surface area contributed by atoms with Crippen LogP contribution < -0.4 is 5.32 Å². The number of hydrogen-bond acceptors (Lipinski definition) is 5. The number of carbonyl (C=O) groups is 3. The average Bonchev–Trinajstić information content (AvgIpc) is 2.29. The molecule has 6 nitrogen and oxygen atoms in total. The molecule has 1 aromatic heterocycles. The van der Waals surface area contributed by atoms with Crippen molar-refractivity contribution in [1.29, 1.82) is 0 Å². The summed E-state index contributed by atoms with van der Waals surface area (Å²) in [7, 11) is 0. The fourth-order valence-electron chi connectivity index (χ4n) is 1.01. The van der Waals surface area contributed by atoms with Crippen LogP contribution in [0, 0.1) is 0 Å². The Labute approximate surface area is 105 Å². The quantitative estimate of drug-likeness (QED) is 0.514. The van der Waals surface area contributed by atoms with E-state index in [4.69, 9.17) is 0 Å². The number of aldehydes is 1. The molecule has 0 aromatic carbocycles. The molecule has 1 rings (SSSR count). The maximum Gasteiger partial charge on any atom is 0.397 e. The summed E-state index contributed by atoms with van der Waals surface area (Å²) < 4.78 is 5.08. The summed E-state index contributed by atoms with van der Waals surface area (Å²) in [6.45, 7) is 1.69. The lowest BCUT2D eigenvalue weighted by atomic mass is 10.3. The average molecular weight is 301 g/mol. The van der Waals surface area contributed by atoms with E-state index in [1.807, 2.05) is 0 Å². The van der Waals surface area contributed by atoms with Crippen molar-refractivity contribution in [3.63, 3.8) is 0 Å². The lowest BCUT2D eigenvalue weighted by molar-refractivity contribution is -0.152. The number of aromatic nitrogens is 1. The van der Waals surface area contributed by atoms with Crippen molar-refractivity contribution in [2.45, 2.75) is 6.92 Å². The third kappa shape index (κ3) is 3.63. The highest BCUT2D eigenvalue weighted by Gasteiger charge is 2.16. The van der Waals surface area contributed by atoms with Gasteiger partial charge in [0.1, 0.15) is 5.69 Å². The number of pyridine rings is 1. The zero-order valence-electron chi connectivity index (χ0n) is 8.90. The first-order chi connectivity index (χ1) is 8.08. The third-order valence-corrected chi connectivity index (χ3v) is 2.14. The Hall–Kier alpha value is -1.76. The Morgan fingerprint density at radius 2 is 2.29 bits per heavy atom. The molecule has 0 spiro atoms. The minimum Gasteiger partial charge on any atom is -0.459 e. The van der Waals surface area contributed by atoms with Crippen molar-refractivity contribution in [3.8, 4) is 0 Å². The van der Waals surface area contributed by atoms with Crippen LogP contribution >= 0.6 is 15.9 Å². The standard InChI is InChI=1S/C10H9BrN2O4/c1-2-17-10(16)9(15)13-7-3-6(11)4-12-8(7)5-14/h3-5H,2H2,1H3,(H,13,15). The van der Waals surface area contributed by atoms with E-state index in [9.17, 15) is 14.4 Å². The number of hydrogen-bond donors (Lipinski definition) is 1. The molecule has 0 saturated carbocycles. The number of nitrogens with one attached hydrogen (secondary N) is 1. The fourth-order valence-corrected chi connectivity index (χ4v) is 1.35. The van der Waals surface area contributed by atoms with Gasteiger partial charge in [0.05, 0.1) is 12.3 Å². The van der Waals surface area contributed by atoms with Crippen LogP contribution in [-0.4, -0.2) is 29.8 Å². The Morgan fingerprint density at radius 1 is 1.59 bits per heavy atom. The van der Waals surface area contributed by atoms with Crippen LogP contribution in [0.15, 0.2) is 16.7 Å². The van der Waals surface area contributed by atoms with Gasteiger partial charge in [0, 0.05) is 10.7 Å². The van der Waals surface area contributed by atoms with Gasteiger partial charge in [-0.25, -0.2) is 4.79 Å². The largest absolute Gasteiger partial charge is 0.459 e. The first-order valence-electron chi connectivity index (χ1n) is 4.67. The summed E-state index contributed by atoms with van der Waals surface area (Å²) in [5, 5.41) is 2.25. The number of halogens is 1. The maximum atomic E-state index is 11.3. The van der Waals surface area contributed by atoms with Crippen molar-refractivity contribution in [3.05, 3.63) is 22.4 Å². The Bertz CT molecular complexity index is 462. The van der Waals surface area contributed by atoms with Gasteiger partial charge in [-0.3, -0.25) is 14.6 Å². The van der Waals surface area contributed by atoms with E-state index < -0.39 is 11.9 Å². The molecule has 0 aliphatic carbocycles. The Morgan fingerprint density at radius 3 is 2.88 bits per heavy atom. The molecule has 7 heteroatoms. The fraction of sp³-hybridized carbons (Fsp3) is 0.200. The van der Waals surface area contributed by atoms with Gasteiger partial charge in [0.2, 0.25) is 0 Å². The molecule has 17 heavy (non-hydrogen) atoms. The Kier molecular flexibility index (Phi) is 4.77. The molecule has 90 valence electrons. The van der Waals surface area contributed by atoms with Crippen LogP contribution in [0.25, 0.3) is 0 Å². The monoisotopic (exact) mass is 300 g/mol. The van der Waals surface area contributed by atoms with Crippen molar-refractivity contribution >= 4 is 39.8 Å². The van der Waals surface area contributed by atoms with E-state index in [0.29, 0.717) is 10.8 Å². The highest BCUT2D eigenvalue weighted by Crippen LogP contribution is 2.17. The maximum absolute atomic E-state index is 11.3. The minimum absolute atomic E-state index is 0.0332. The van der Waals surface area contributed by atoms with Gasteiger partial charge < -0.3 is 10.1 Å². The zero-order valence-corrected chi connectivity index (χ0v) is 10.5. The second-order valence-electron chi connectivity index (χ2n) is 2.88. The van der Waals surface area contributed by atoms with E-state index >= 15 is 0 Å². The molecule has 0 saturated heterocycles. The van der Waals surface area contributed by atoms with Crippen LogP contribution in [-0.2, 0) is 14.3 Å². The Balaban J connectivity index is 2.87. The molecule has 0 aliphatic heterocycles. The van der Waals surface area contributed by atoms with E-state index in [1.165, 1.54) is 12.3 Å². The summed E-state index contributed by atoms with van der Waals surface area (Å²) in [4.78, 5) is 36.9. The van der Waals surface area contributed by atoms with Crippen molar-refractivity contribution in [2.24, 2.45) is 0 Å². The van der Waals surface area contributed by atoms with Gasteiger partial charge in [-0.15, -0.1) is 0 Å². The summed E-state index contributed by atoms with van der Waals surface area (Å²) in [5.74, 6) is -1.96. The molecule has 1 aromatic rings. The summed E-state index contributed by atoms with van der Waals surface area (Å²) in [6.07, 6.45) is 1.89. The second kappa shape index (κ2) is 6.09. The molecular weight excluding hydrogens is 292 g/mol. The number of carbonyl (C=O) groups excluding carboxylic acids is 3. The summed E-state index contributed by atoms with van der Waals surface area (Å²) >= 11 is 3.14. The molecule has 0 atom stereocenters. The number of rotatable bonds is 3. The molecular formula is C10H9BrN2O4. The first kappa shape index (κ1) is 13.3. The van der Waals surface area contributed by atoms with Crippen LogP contribution in [0.2, 0.25) is 0 Å². The van der Waals surface area contributed by atoms with Crippen LogP contribution in [0.1, 0.15) is 17.4 Å². The number of nitrogens with zero attached hydrogens (tertiary/aromatic N) is 1. The first-order valence-corrected chi connectivity index (χ1v) is 5.46. The highest BCUT2D eigenvalue weighted by atomic mass is 79.9. The SMILES string of the molecule is CCOC(=O)C(=O)Nc1cc(Br)cnc1C=O. The van der Waals surface area contributed by atoms with E-state index in [-0.39, 0.29) is 18.0 Å². The van der Waals surface area contributed by atoms with E-state index in [2.05, 4.69) is 31.0 Å². The smallest absolute Gasteiger partial charge is 0.397 e. The topological polar surface area (TPSA) is 85.4 Å².